The molecule has 7 aliphatic heterocycles. The molecular weight excluding hydrogens is 1630 g/mol. The number of sulfonamides is 2. The minimum absolute atomic E-state index is 0.0322. The number of nitrogens with zero attached hydrogens (tertiary/aromatic N) is 2. The summed E-state index contributed by atoms with van der Waals surface area (Å²) in [6.45, 7) is 19.9. The maximum absolute atomic E-state index is 14.1. The van der Waals surface area contributed by atoms with Gasteiger partial charge in [-0.3, -0.25) is 0 Å². The number of ether oxygens (including phenoxy) is 10. The summed E-state index contributed by atoms with van der Waals surface area (Å²) in [5.41, 5.74) is -10.5. The number of alkyl halides is 12. The average Bonchev–Trinajstić information content (AvgIpc) is 1.55. The fourth-order valence-electron chi connectivity index (χ4n) is 14.9. The number of fused-ring (bicyclic) bond motifs is 4. The molecule has 4 aromatic carbocycles. The van der Waals surface area contributed by atoms with Crippen LogP contribution in [-0.2, 0) is 105 Å². The van der Waals surface area contributed by atoms with Crippen LogP contribution in [0.2, 0.25) is 0 Å². The van der Waals surface area contributed by atoms with Crippen molar-refractivity contribution >= 4 is 55.7 Å². The monoisotopic (exact) mass is 1730 g/mol. The van der Waals surface area contributed by atoms with Crippen LogP contribution in [0.1, 0.15) is 167 Å². The van der Waals surface area contributed by atoms with E-state index in [4.69, 9.17) is 58.1 Å². The van der Waals surface area contributed by atoms with Crippen molar-refractivity contribution in [2.75, 3.05) is 81.0 Å². The summed E-state index contributed by atoms with van der Waals surface area (Å²) in [6.07, 6.45) is -18.8. The highest BCUT2D eigenvalue weighted by Crippen LogP contribution is 2.56. The van der Waals surface area contributed by atoms with Gasteiger partial charge in [0, 0.05) is 91.3 Å². The predicted octanol–water partition coefficient (Wildman–Crippen LogP) is 14.9. The van der Waals surface area contributed by atoms with Gasteiger partial charge in [0.1, 0.15) is 23.0 Å². The lowest BCUT2D eigenvalue weighted by molar-refractivity contribution is -0.289. The van der Waals surface area contributed by atoms with Crippen LogP contribution >= 0.6 is 26.6 Å². The standard InChI is InChI=1S/C20H28F3NO5S.C18H22BrF3O3.C18H22ClF3O5S.C17H24F3NO5S/c1-17(2,11-19(20(21,22)23)12-28-18(3,4)29-19)15-10-14(30(25,26)24(5)6)9-13-7-8-27-16(13)15;1-15(2,13-8-12(19)7-11-5-6-23-14(11)13)9-17(18(20,21)22)10-24-16(3,4)25-17;1-15(2,9-17(18(20,21)22)10-26-16(3,4)27-17)13-8-12(28(19,23)24)7-11-5-6-25-14(11)13;1-15(2,9-16(23,10-22)17(18,19)20)13-8-12(27(24,25)21(3)4)7-11-5-6-26-14(11)13/h9-10H,7-8,11-12H2,1-6H3;7-8H,5-6,9-10H2,1-4H3;7-8H,5-6,9-10H2,1-4H3;7-8,22-23H,5-6,9-10H2,1-4H3. The minimum Gasteiger partial charge on any atom is -0.493 e. The summed E-state index contributed by atoms with van der Waals surface area (Å²) in [6, 6.07) is 12.2. The number of aliphatic hydroxyl groups excluding tert-OH is 1. The van der Waals surface area contributed by atoms with Crippen molar-refractivity contribution in [1.29, 1.82) is 0 Å². The molecule has 0 bridgehead atoms. The molecule has 2 N–H and O–H groups in total. The fourth-order valence-corrected chi connectivity index (χ4v) is 18.2. The molecule has 11 rings (SSSR count). The van der Waals surface area contributed by atoms with Gasteiger partial charge in [0.15, 0.2) is 39.8 Å². The smallest absolute Gasteiger partial charge is 0.419 e. The van der Waals surface area contributed by atoms with Crippen molar-refractivity contribution in [2.45, 2.75) is 249 Å². The molecule has 0 spiro atoms. The van der Waals surface area contributed by atoms with E-state index >= 15 is 0 Å². The molecule has 0 amide bonds. The Labute approximate surface area is 647 Å². The second kappa shape index (κ2) is 30.5. The van der Waals surface area contributed by atoms with Gasteiger partial charge in [-0.15, -0.1) is 0 Å². The zero-order valence-corrected chi connectivity index (χ0v) is 69.1. The van der Waals surface area contributed by atoms with Crippen molar-refractivity contribution in [3.63, 3.8) is 0 Å². The number of hydrogen-bond acceptors (Lipinski definition) is 18. The number of aliphatic hydroxyl groups is 2. The molecule has 110 heavy (non-hydrogen) atoms. The molecule has 3 saturated heterocycles. The summed E-state index contributed by atoms with van der Waals surface area (Å²) in [7, 11) is -0.607. The molecule has 0 aromatic heterocycles. The third-order valence-corrected chi connectivity index (χ3v) is 25.7. The number of hydrogen-bond donors (Lipinski definition) is 2. The Morgan fingerprint density at radius 2 is 0.700 bits per heavy atom. The predicted molar refractivity (Wildman–Crippen MR) is 383 cm³/mol. The molecule has 4 atom stereocenters. The molecule has 7 heterocycles. The first-order chi connectivity index (χ1) is 49.6. The lowest BCUT2D eigenvalue weighted by Gasteiger charge is -2.38. The van der Waals surface area contributed by atoms with E-state index in [1.807, 2.05) is 12.1 Å². The molecule has 20 nitrogen and oxygen atoms in total. The van der Waals surface area contributed by atoms with Crippen molar-refractivity contribution in [1.82, 2.24) is 8.61 Å². The second-order valence-electron chi connectivity index (χ2n) is 33.0. The highest BCUT2D eigenvalue weighted by Gasteiger charge is 2.68. The van der Waals surface area contributed by atoms with Gasteiger partial charge in [0.05, 0.1) is 67.5 Å². The van der Waals surface area contributed by atoms with E-state index in [2.05, 4.69) is 15.9 Å². The SMILES string of the molecule is CC1(C)OCC(CC(C)(C)c2cc(Br)cc3c2OCC3)(C(F)(F)F)O1.CC1(C)OCC(CC(C)(C)c2cc(S(=O)(=O)Cl)cc3c2OCC3)(C(F)(F)F)O1.CN(C)S(=O)(=O)c1cc2c(c(C(C)(C)CC(O)(CO)C(F)(F)F)c1)OCC2.CN(C)S(=O)(=O)c1cc2c(c(C(C)(C)CC3(C(F)(F)F)COC(C)(C)O3)c1)OCC2. The maximum atomic E-state index is 14.1. The van der Waals surface area contributed by atoms with Crippen LogP contribution in [0.3, 0.4) is 0 Å². The largest absolute Gasteiger partial charge is 0.493 e. The molecule has 4 unspecified atom stereocenters. The molecule has 0 aliphatic carbocycles. The van der Waals surface area contributed by atoms with E-state index in [0.29, 0.717) is 89.9 Å². The molecule has 37 heteroatoms. The van der Waals surface area contributed by atoms with E-state index in [1.54, 1.807) is 41.5 Å². The van der Waals surface area contributed by atoms with Gasteiger partial charge in [-0.05, 0) is 160 Å². The maximum Gasteiger partial charge on any atom is 0.419 e. The summed E-state index contributed by atoms with van der Waals surface area (Å²) in [4.78, 5) is -0.185. The summed E-state index contributed by atoms with van der Waals surface area (Å²) < 4.78 is 298. The van der Waals surface area contributed by atoms with Gasteiger partial charge < -0.3 is 57.6 Å². The number of rotatable bonds is 18. The van der Waals surface area contributed by atoms with Crippen molar-refractivity contribution in [2.24, 2.45) is 0 Å². The minimum atomic E-state index is -5.05. The van der Waals surface area contributed by atoms with Crippen LogP contribution in [0.15, 0.2) is 67.7 Å². The Morgan fingerprint density at radius 3 is 0.945 bits per heavy atom. The Balaban J connectivity index is 0.000000185. The van der Waals surface area contributed by atoms with E-state index < -0.39 is 161 Å². The first kappa shape index (κ1) is 91.0. The van der Waals surface area contributed by atoms with Crippen molar-refractivity contribution < 1.29 is 136 Å². The van der Waals surface area contributed by atoms with Gasteiger partial charge in [0.2, 0.25) is 20.0 Å². The van der Waals surface area contributed by atoms with Gasteiger partial charge in [0.25, 0.3) is 9.05 Å². The van der Waals surface area contributed by atoms with Crippen LogP contribution in [0, 0.1) is 0 Å². The molecule has 0 radical (unpaired) electrons. The van der Waals surface area contributed by atoms with E-state index in [1.165, 1.54) is 120 Å². The third-order valence-electron chi connectivity index (χ3n) is 20.3. The highest BCUT2D eigenvalue weighted by molar-refractivity contribution is 9.10. The van der Waals surface area contributed by atoms with Gasteiger partial charge in [-0.2, -0.15) is 52.7 Å². The lowest BCUT2D eigenvalue weighted by atomic mass is 9.74. The van der Waals surface area contributed by atoms with Crippen LogP contribution in [0.25, 0.3) is 0 Å². The van der Waals surface area contributed by atoms with Gasteiger partial charge >= 0.3 is 24.7 Å². The van der Waals surface area contributed by atoms with Crippen LogP contribution in [-0.4, -0.2) is 190 Å². The normalized spacial score (nSPS) is 23.1. The summed E-state index contributed by atoms with van der Waals surface area (Å²) in [5.74, 6) is -2.13. The summed E-state index contributed by atoms with van der Waals surface area (Å²) >= 11 is 3.46. The van der Waals surface area contributed by atoms with Crippen molar-refractivity contribution in [3.05, 3.63) is 97.5 Å². The Bertz CT molecular complexity index is 4460. The van der Waals surface area contributed by atoms with Crippen LogP contribution in [0.5, 0.6) is 23.0 Å². The van der Waals surface area contributed by atoms with Crippen LogP contribution < -0.4 is 18.9 Å². The molecule has 0 saturated carbocycles. The number of halogens is 14. The zero-order valence-electron chi connectivity index (χ0n) is 64.3. The molecule has 3 fully saturated rings. The highest BCUT2D eigenvalue weighted by atomic mass is 79.9. The van der Waals surface area contributed by atoms with Gasteiger partial charge in [-0.25, -0.2) is 33.9 Å². The Morgan fingerprint density at radius 1 is 0.436 bits per heavy atom. The Kier molecular flexibility index (Phi) is 25.2. The van der Waals surface area contributed by atoms with Gasteiger partial charge in [-0.1, -0.05) is 71.3 Å². The first-order valence-corrected chi connectivity index (χ1v) is 40.8. The molecular formula is C73H96BrClF12N2O18S3. The zero-order chi connectivity index (χ0) is 83.4. The van der Waals surface area contributed by atoms with Crippen molar-refractivity contribution in [3.8, 4) is 23.0 Å². The van der Waals surface area contributed by atoms with E-state index in [0.717, 1.165) is 30.6 Å². The van der Waals surface area contributed by atoms with Crippen LogP contribution in [0.4, 0.5) is 52.7 Å². The molecule has 7 aliphatic rings. The molecule has 622 valence electrons. The second-order valence-corrected chi connectivity index (χ2v) is 40.8. The fraction of sp³-hybridized carbons (Fsp3) is 0.671. The topological polar surface area (TPSA) is 242 Å². The third kappa shape index (κ3) is 18.9. The van der Waals surface area contributed by atoms with E-state index in [-0.39, 0.29) is 33.3 Å². The quantitative estimate of drug-likeness (QED) is 0.0695. The number of benzene rings is 4. The average molecular weight is 1730 g/mol. The Hall–Kier alpha value is -4.54. The first-order valence-electron chi connectivity index (χ1n) is 34.9. The summed E-state index contributed by atoms with van der Waals surface area (Å²) in [5, 5.41) is 19.2. The lowest BCUT2D eigenvalue weighted by Crippen LogP contribution is -2.52. The molecule has 4 aromatic rings. The van der Waals surface area contributed by atoms with E-state index in [9.17, 15) is 88.2 Å².